The summed E-state index contributed by atoms with van der Waals surface area (Å²) < 4.78 is 24.5. The average Bonchev–Trinajstić information content (AvgIpc) is 2.55. The highest BCUT2D eigenvalue weighted by molar-refractivity contribution is 5.85. The van der Waals surface area contributed by atoms with E-state index in [-0.39, 0.29) is 24.3 Å². The monoisotopic (exact) mass is 345 g/mol. The second kappa shape index (κ2) is 6.66. The van der Waals surface area contributed by atoms with Crippen LogP contribution in [-0.2, 0) is 4.74 Å². The lowest BCUT2D eigenvalue weighted by Gasteiger charge is -2.38. The van der Waals surface area contributed by atoms with E-state index in [1.54, 1.807) is 19.1 Å². The number of esters is 1. The van der Waals surface area contributed by atoms with E-state index < -0.39 is 11.6 Å². The number of nitrogens with zero attached hydrogens (tertiary/aromatic N) is 2. The summed E-state index contributed by atoms with van der Waals surface area (Å²) in [7, 11) is 0. The van der Waals surface area contributed by atoms with Crippen LogP contribution in [-0.4, -0.2) is 28.1 Å². The van der Waals surface area contributed by atoms with Gasteiger partial charge in [0.25, 0.3) is 0 Å². The molecule has 25 heavy (non-hydrogen) atoms. The minimum atomic E-state index is -0.579. The molecule has 7 heteroatoms. The van der Waals surface area contributed by atoms with E-state index in [1.165, 1.54) is 18.3 Å². The normalized spacial score (nSPS) is 18.0. The Balaban J connectivity index is 1.89. The highest BCUT2D eigenvalue weighted by atomic mass is 19.1. The standard InChI is InChI=1S/C18H20FN3O3/c1-4-24-17(23)16-20-8-7-15(22-16)21-13-10-18(2,3)25-14-6-5-11(19)9-12(13)14/h5-9,13H,4,10H2,1-3H3,(H,20,21,22)/t13-/m0/s1. The van der Waals surface area contributed by atoms with Gasteiger partial charge < -0.3 is 14.8 Å². The van der Waals surface area contributed by atoms with Gasteiger partial charge in [-0.25, -0.2) is 19.2 Å². The van der Waals surface area contributed by atoms with Gasteiger partial charge in [0, 0.05) is 18.2 Å². The molecule has 6 nitrogen and oxygen atoms in total. The minimum absolute atomic E-state index is 0.0161. The number of nitrogens with one attached hydrogen (secondary N) is 1. The number of hydrogen-bond acceptors (Lipinski definition) is 6. The summed E-state index contributed by atoms with van der Waals surface area (Å²) in [6.45, 7) is 5.91. The zero-order valence-electron chi connectivity index (χ0n) is 14.4. The lowest BCUT2D eigenvalue weighted by Crippen LogP contribution is -2.37. The van der Waals surface area contributed by atoms with Crippen LogP contribution >= 0.6 is 0 Å². The molecule has 3 rings (SSSR count). The largest absolute Gasteiger partial charge is 0.487 e. The van der Waals surface area contributed by atoms with Crippen molar-refractivity contribution >= 4 is 11.8 Å². The van der Waals surface area contributed by atoms with Crippen molar-refractivity contribution in [2.75, 3.05) is 11.9 Å². The molecular weight excluding hydrogens is 325 g/mol. The van der Waals surface area contributed by atoms with Crippen LogP contribution in [0.5, 0.6) is 5.75 Å². The molecule has 0 amide bonds. The summed E-state index contributed by atoms with van der Waals surface area (Å²) in [6.07, 6.45) is 2.10. The van der Waals surface area contributed by atoms with E-state index in [9.17, 15) is 9.18 Å². The Hall–Kier alpha value is -2.70. The van der Waals surface area contributed by atoms with Crippen molar-refractivity contribution in [1.29, 1.82) is 0 Å². The molecule has 0 unspecified atom stereocenters. The number of ether oxygens (including phenoxy) is 2. The maximum atomic E-state index is 13.7. The minimum Gasteiger partial charge on any atom is -0.487 e. The van der Waals surface area contributed by atoms with Gasteiger partial charge in [-0.15, -0.1) is 0 Å². The molecule has 0 radical (unpaired) electrons. The van der Waals surface area contributed by atoms with Crippen molar-refractivity contribution in [3.63, 3.8) is 0 Å². The summed E-state index contributed by atoms with van der Waals surface area (Å²) in [6, 6.07) is 5.91. The molecule has 1 aromatic carbocycles. The molecule has 0 spiro atoms. The van der Waals surface area contributed by atoms with Gasteiger partial charge in [0.15, 0.2) is 0 Å². The number of aromatic nitrogens is 2. The van der Waals surface area contributed by atoms with Crippen molar-refractivity contribution in [2.45, 2.75) is 38.8 Å². The van der Waals surface area contributed by atoms with Gasteiger partial charge in [0.1, 0.15) is 23.0 Å². The maximum Gasteiger partial charge on any atom is 0.376 e. The number of carbonyl (C=O) groups excluding carboxylic acids is 1. The topological polar surface area (TPSA) is 73.3 Å². The first kappa shape index (κ1) is 17.1. The van der Waals surface area contributed by atoms with E-state index in [4.69, 9.17) is 9.47 Å². The number of anilines is 1. The van der Waals surface area contributed by atoms with E-state index in [0.717, 1.165) is 5.56 Å². The van der Waals surface area contributed by atoms with Crippen LogP contribution in [0.1, 0.15) is 49.4 Å². The lowest BCUT2D eigenvalue weighted by molar-refractivity contribution is 0.0511. The third-order valence-electron chi connectivity index (χ3n) is 3.86. The molecule has 1 N–H and O–H groups in total. The summed E-state index contributed by atoms with van der Waals surface area (Å²) >= 11 is 0. The second-order valence-electron chi connectivity index (χ2n) is 6.43. The van der Waals surface area contributed by atoms with Crippen LogP contribution < -0.4 is 10.1 Å². The fourth-order valence-electron chi connectivity index (χ4n) is 2.87. The first-order chi connectivity index (χ1) is 11.9. The van der Waals surface area contributed by atoms with Gasteiger partial charge in [-0.1, -0.05) is 0 Å². The summed E-state index contributed by atoms with van der Waals surface area (Å²) in [5, 5.41) is 3.25. The van der Waals surface area contributed by atoms with Gasteiger partial charge in [0.05, 0.1) is 12.6 Å². The summed E-state index contributed by atoms with van der Waals surface area (Å²) in [5.41, 5.74) is 0.301. The SMILES string of the molecule is CCOC(=O)c1nccc(N[C@H]2CC(C)(C)Oc3ccc(F)cc32)n1. The molecule has 0 aliphatic carbocycles. The molecular formula is C18H20FN3O3. The van der Waals surface area contributed by atoms with Crippen molar-refractivity contribution in [3.05, 3.63) is 47.7 Å². The van der Waals surface area contributed by atoms with Gasteiger partial charge in [-0.05, 0) is 45.0 Å². The maximum absolute atomic E-state index is 13.7. The highest BCUT2D eigenvalue weighted by Crippen LogP contribution is 2.41. The fourth-order valence-corrected chi connectivity index (χ4v) is 2.87. The number of fused-ring (bicyclic) bond motifs is 1. The quantitative estimate of drug-likeness (QED) is 0.855. The number of hydrogen-bond donors (Lipinski definition) is 1. The third kappa shape index (κ3) is 3.87. The van der Waals surface area contributed by atoms with E-state index in [2.05, 4.69) is 15.3 Å². The summed E-state index contributed by atoms with van der Waals surface area (Å²) in [4.78, 5) is 19.9. The van der Waals surface area contributed by atoms with E-state index in [0.29, 0.717) is 18.0 Å². The molecule has 0 fully saturated rings. The van der Waals surface area contributed by atoms with Crippen LogP contribution in [0, 0.1) is 5.82 Å². The molecule has 0 saturated carbocycles. The lowest BCUT2D eigenvalue weighted by atomic mass is 9.89. The van der Waals surface area contributed by atoms with Crippen molar-refractivity contribution in [3.8, 4) is 5.75 Å². The average molecular weight is 345 g/mol. The smallest absolute Gasteiger partial charge is 0.376 e. The predicted molar refractivity (Wildman–Crippen MR) is 90.1 cm³/mol. The summed E-state index contributed by atoms with van der Waals surface area (Å²) in [5.74, 6) is 0.178. The molecule has 2 aromatic rings. The molecule has 2 heterocycles. The molecule has 1 aromatic heterocycles. The first-order valence-electron chi connectivity index (χ1n) is 8.13. The van der Waals surface area contributed by atoms with Gasteiger partial charge in [-0.3, -0.25) is 0 Å². The zero-order chi connectivity index (χ0) is 18.0. The highest BCUT2D eigenvalue weighted by Gasteiger charge is 2.34. The van der Waals surface area contributed by atoms with Gasteiger partial charge in [0.2, 0.25) is 5.82 Å². The molecule has 0 saturated heterocycles. The Morgan fingerprint density at radius 3 is 3.00 bits per heavy atom. The Labute approximate surface area is 145 Å². The van der Waals surface area contributed by atoms with Crippen molar-refractivity contribution in [1.82, 2.24) is 9.97 Å². The second-order valence-corrected chi connectivity index (χ2v) is 6.43. The first-order valence-corrected chi connectivity index (χ1v) is 8.13. The Kier molecular flexibility index (Phi) is 4.57. The fraction of sp³-hybridized carbons (Fsp3) is 0.389. The number of rotatable bonds is 4. The van der Waals surface area contributed by atoms with Crippen LogP contribution in [0.2, 0.25) is 0 Å². The molecule has 1 aliphatic rings. The van der Waals surface area contributed by atoms with Crippen LogP contribution in [0.15, 0.2) is 30.5 Å². The third-order valence-corrected chi connectivity index (χ3v) is 3.86. The number of halogens is 1. The Bertz CT molecular complexity index is 795. The number of benzene rings is 1. The van der Waals surface area contributed by atoms with Gasteiger partial charge >= 0.3 is 5.97 Å². The Morgan fingerprint density at radius 1 is 1.44 bits per heavy atom. The van der Waals surface area contributed by atoms with Crippen molar-refractivity contribution in [2.24, 2.45) is 0 Å². The molecule has 1 atom stereocenters. The van der Waals surface area contributed by atoms with E-state index in [1.807, 2.05) is 13.8 Å². The predicted octanol–water partition coefficient (Wildman–Crippen LogP) is 3.51. The van der Waals surface area contributed by atoms with Crippen LogP contribution in [0.4, 0.5) is 10.2 Å². The molecule has 0 bridgehead atoms. The Morgan fingerprint density at radius 2 is 2.24 bits per heavy atom. The molecule has 1 aliphatic heterocycles. The zero-order valence-corrected chi connectivity index (χ0v) is 14.4. The molecule has 132 valence electrons. The van der Waals surface area contributed by atoms with E-state index >= 15 is 0 Å². The van der Waals surface area contributed by atoms with Gasteiger partial charge in [-0.2, -0.15) is 0 Å². The van der Waals surface area contributed by atoms with Crippen molar-refractivity contribution < 1.29 is 18.7 Å². The van der Waals surface area contributed by atoms with Crippen LogP contribution in [0.3, 0.4) is 0 Å². The number of carbonyl (C=O) groups is 1. The van der Waals surface area contributed by atoms with Crippen LogP contribution in [0.25, 0.3) is 0 Å².